The minimum absolute atomic E-state index is 0.183. The van der Waals surface area contributed by atoms with Crippen molar-refractivity contribution in [2.75, 3.05) is 12.4 Å². The molecule has 196 valence electrons. The minimum atomic E-state index is -3.82. The predicted octanol–water partition coefficient (Wildman–Crippen LogP) is 7.66. The summed E-state index contributed by atoms with van der Waals surface area (Å²) in [4.78, 5) is 0.234. The molecule has 1 N–H and O–H groups in total. The zero-order valence-electron chi connectivity index (χ0n) is 20.2. The van der Waals surface area contributed by atoms with Gasteiger partial charge in [0.15, 0.2) is 11.5 Å². The Morgan fingerprint density at radius 3 is 2.45 bits per heavy atom. The van der Waals surface area contributed by atoms with Crippen molar-refractivity contribution in [1.82, 2.24) is 4.31 Å². The second-order valence-electron chi connectivity index (χ2n) is 8.64. The van der Waals surface area contributed by atoms with E-state index in [0.29, 0.717) is 37.3 Å². The fourth-order valence-electron chi connectivity index (χ4n) is 4.31. The van der Waals surface area contributed by atoms with Crippen molar-refractivity contribution in [3.05, 3.63) is 116 Å². The Kier molecular flexibility index (Phi) is 7.88. The lowest BCUT2D eigenvalue weighted by Gasteiger charge is -2.37. The Balaban J connectivity index is 1.53. The van der Waals surface area contributed by atoms with Crippen LogP contribution in [0.4, 0.5) is 5.69 Å². The summed E-state index contributed by atoms with van der Waals surface area (Å²) in [6.07, 6.45) is -0.694. The first-order valence-electron chi connectivity index (χ1n) is 11.6. The number of anilines is 1. The molecular weight excluding hydrogens is 611 g/mol. The molecule has 0 saturated heterocycles. The third-order valence-corrected chi connectivity index (χ3v) is 9.23. The molecule has 4 aromatic carbocycles. The summed E-state index contributed by atoms with van der Waals surface area (Å²) in [5.41, 5.74) is 2.85. The predicted molar refractivity (Wildman–Crippen MR) is 153 cm³/mol. The Bertz CT molecular complexity index is 1590. The highest BCUT2D eigenvalue weighted by molar-refractivity contribution is 9.10. The second kappa shape index (κ2) is 11.2. The number of sulfonamides is 1. The van der Waals surface area contributed by atoms with Gasteiger partial charge in [0.25, 0.3) is 0 Å². The number of halogens is 3. The van der Waals surface area contributed by atoms with E-state index in [1.807, 2.05) is 36.4 Å². The molecule has 1 aliphatic rings. The largest absolute Gasteiger partial charge is 0.493 e. The topological polar surface area (TPSA) is 67.9 Å². The maximum Gasteiger partial charge on any atom is 0.247 e. The van der Waals surface area contributed by atoms with Gasteiger partial charge in [-0.15, -0.1) is 0 Å². The molecule has 10 heteroatoms. The van der Waals surface area contributed by atoms with E-state index in [4.69, 9.17) is 32.7 Å². The molecule has 1 heterocycles. The highest BCUT2D eigenvalue weighted by atomic mass is 79.9. The van der Waals surface area contributed by atoms with Crippen molar-refractivity contribution >= 4 is 54.8 Å². The van der Waals surface area contributed by atoms with Crippen LogP contribution in [0.25, 0.3) is 0 Å². The number of ether oxygens (including phenoxy) is 2. The lowest BCUT2D eigenvalue weighted by atomic mass is 10.1. The molecule has 0 amide bonds. The standard InChI is InChI=1S/C28H23BrCl2N2O4S/c1-36-25-14-20(13-22(29)27(25)37-17-19-11-12-21(30)15-23(19)31)28-32-24-9-5-6-10-26(24)38(34,35)33(28)16-18-7-3-2-4-8-18/h2-15,28,32H,16-17H2,1H3/t28-/m1/s1. The van der Waals surface area contributed by atoms with Gasteiger partial charge in [-0.3, -0.25) is 0 Å². The first-order chi connectivity index (χ1) is 18.3. The Hall–Kier alpha value is -2.75. The maximum absolute atomic E-state index is 13.8. The average Bonchev–Trinajstić information content (AvgIpc) is 2.90. The van der Waals surface area contributed by atoms with Crippen LogP contribution < -0.4 is 14.8 Å². The number of methoxy groups -OCH3 is 1. The molecule has 0 unspecified atom stereocenters. The van der Waals surface area contributed by atoms with Crippen LogP contribution >= 0.6 is 39.1 Å². The zero-order valence-corrected chi connectivity index (χ0v) is 24.1. The van der Waals surface area contributed by atoms with Gasteiger partial charge in [-0.1, -0.05) is 71.7 Å². The maximum atomic E-state index is 13.8. The fourth-order valence-corrected chi connectivity index (χ4v) is 7.03. The van der Waals surface area contributed by atoms with E-state index in [1.165, 1.54) is 11.4 Å². The average molecular weight is 634 g/mol. The number of para-hydroxylation sites is 1. The minimum Gasteiger partial charge on any atom is -0.493 e. The summed E-state index contributed by atoms with van der Waals surface area (Å²) in [6.45, 7) is 0.371. The third-order valence-electron chi connectivity index (χ3n) is 6.19. The van der Waals surface area contributed by atoms with Crippen molar-refractivity contribution in [3.63, 3.8) is 0 Å². The molecule has 0 aliphatic carbocycles. The smallest absolute Gasteiger partial charge is 0.247 e. The molecule has 1 aliphatic heterocycles. The van der Waals surface area contributed by atoms with Gasteiger partial charge < -0.3 is 14.8 Å². The molecule has 0 aromatic heterocycles. The van der Waals surface area contributed by atoms with Gasteiger partial charge in [-0.05, 0) is 63.5 Å². The van der Waals surface area contributed by atoms with Crippen LogP contribution in [-0.2, 0) is 23.2 Å². The highest BCUT2D eigenvalue weighted by Gasteiger charge is 2.39. The molecule has 6 nitrogen and oxygen atoms in total. The monoisotopic (exact) mass is 632 g/mol. The van der Waals surface area contributed by atoms with Gasteiger partial charge in [-0.2, -0.15) is 4.31 Å². The summed E-state index contributed by atoms with van der Waals surface area (Å²) >= 11 is 15.9. The van der Waals surface area contributed by atoms with Crippen molar-refractivity contribution in [1.29, 1.82) is 0 Å². The van der Waals surface area contributed by atoms with Gasteiger partial charge in [0.1, 0.15) is 17.7 Å². The molecular formula is C28H23BrCl2N2O4S. The van der Waals surface area contributed by atoms with Crippen molar-refractivity contribution in [2.45, 2.75) is 24.2 Å². The number of benzene rings is 4. The Morgan fingerprint density at radius 1 is 0.974 bits per heavy atom. The number of fused-ring (bicyclic) bond motifs is 1. The summed E-state index contributed by atoms with van der Waals surface area (Å²) in [7, 11) is -2.28. The second-order valence-corrected chi connectivity index (χ2v) is 12.2. The van der Waals surface area contributed by atoms with Gasteiger partial charge in [-0.25, -0.2) is 8.42 Å². The van der Waals surface area contributed by atoms with Crippen LogP contribution in [0.2, 0.25) is 10.0 Å². The van der Waals surface area contributed by atoms with Gasteiger partial charge in [0, 0.05) is 22.2 Å². The normalized spacial score (nSPS) is 16.4. The number of hydrogen-bond acceptors (Lipinski definition) is 5. The molecule has 0 fully saturated rings. The van der Waals surface area contributed by atoms with Crippen LogP contribution in [0.5, 0.6) is 11.5 Å². The molecule has 0 bridgehead atoms. The van der Waals surface area contributed by atoms with Crippen molar-refractivity contribution < 1.29 is 17.9 Å². The van der Waals surface area contributed by atoms with Crippen LogP contribution in [0.15, 0.2) is 94.3 Å². The number of hydrogen-bond donors (Lipinski definition) is 1. The lowest BCUT2D eigenvalue weighted by Crippen LogP contribution is -2.42. The lowest BCUT2D eigenvalue weighted by molar-refractivity contribution is 0.281. The van der Waals surface area contributed by atoms with E-state index in [0.717, 1.165) is 11.1 Å². The van der Waals surface area contributed by atoms with E-state index in [-0.39, 0.29) is 18.0 Å². The van der Waals surface area contributed by atoms with Gasteiger partial charge >= 0.3 is 0 Å². The van der Waals surface area contributed by atoms with Crippen molar-refractivity contribution in [3.8, 4) is 11.5 Å². The van der Waals surface area contributed by atoms with Gasteiger partial charge in [0.2, 0.25) is 10.0 Å². The van der Waals surface area contributed by atoms with E-state index < -0.39 is 16.2 Å². The third kappa shape index (κ3) is 5.37. The highest BCUT2D eigenvalue weighted by Crippen LogP contribution is 2.44. The molecule has 5 rings (SSSR count). The van der Waals surface area contributed by atoms with Gasteiger partial charge in [0.05, 0.1) is 17.3 Å². The van der Waals surface area contributed by atoms with E-state index in [9.17, 15) is 8.42 Å². The van der Waals surface area contributed by atoms with E-state index in [2.05, 4.69) is 21.2 Å². The van der Waals surface area contributed by atoms with Crippen LogP contribution in [0.3, 0.4) is 0 Å². The zero-order chi connectivity index (χ0) is 26.9. The summed E-state index contributed by atoms with van der Waals surface area (Å²) < 4.78 is 41.4. The molecule has 0 radical (unpaired) electrons. The molecule has 38 heavy (non-hydrogen) atoms. The first kappa shape index (κ1) is 26.8. The fraction of sp³-hybridized carbons (Fsp3) is 0.143. The van der Waals surface area contributed by atoms with E-state index >= 15 is 0 Å². The summed E-state index contributed by atoms with van der Waals surface area (Å²) in [6, 6.07) is 25.2. The number of nitrogens with zero attached hydrogens (tertiary/aromatic N) is 1. The van der Waals surface area contributed by atoms with E-state index in [1.54, 1.807) is 48.5 Å². The SMILES string of the molecule is COc1cc([C@@H]2Nc3ccccc3S(=O)(=O)N2Cc2ccccc2)cc(Br)c1OCc1ccc(Cl)cc1Cl. The van der Waals surface area contributed by atoms with Crippen molar-refractivity contribution in [2.24, 2.45) is 0 Å². The quantitative estimate of drug-likeness (QED) is 0.226. The number of rotatable bonds is 7. The van der Waals surface area contributed by atoms with Crippen LogP contribution in [0, 0.1) is 0 Å². The Morgan fingerprint density at radius 2 is 1.71 bits per heavy atom. The summed E-state index contributed by atoms with van der Waals surface area (Å²) in [5.74, 6) is 0.910. The number of nitrogens with one attached hydrogen (secondary N) is 1. The summed E-state index contributed by atoms with van der Waals surface area (Å²) in [5, 5.41) is 4.44. The van der Waals surface area contributed by atoms with Crippen LogP contribution in [-0.4, -0.2) is 19.8 Å². The molecule has 4 aromatic rings. The molecule has 1 atom stereocenters. The molecule has 0 spiro atoms. The molecule has 0 saturated carbocycles. The first-order valence-corrected chi connectivity index (χ1v) is 14.6. The van der Waals surface area contributed by atoms with Crippen LogP contribution in [0.1, 0.15) is 22.9 Å². The Labute approximate surface area is 240 Å².